The van der Waals surface area contributed by atoms with Gasteiger partial charge < -0.3 is 28.9 Å². The van der Waals surface area contributed by atoms with E-state index in [2.05, 4.69) is 82.8 Å². The molecule has 0 saturated heterocycles. The van der Waals surface area contributed by atoms with Crippen molar-refractivity contribution >= 4 is 44.1 Å². The van der Waals surface area contributed by atoms with E-state index in [9.17, 15) is 0 Å². The first-order chi connectivity index (χ1) is 45.6. The first kappa shape index (κ1) is 53.4. The fourth-order valence-corrected chi connectivity index (χ4v) is 12.3. The summed E-state index contributed by atoms with van der Waals surface area (Å²) < 4.78 is 28.4. The highest BCUT2D eigenvalue weighted by molar-refractivity contribution is 6.10. The molecule has 2 N–H and O–H groups in total. The lowest BCUT2D eigenvalue weighted by molar-refractivity contribution is 0.486. The van der Waals surface area contributed by atoms with Crippen LogP contribution in [0.15, 0.2) is 291 Å². The Hall–Kier alpha value is -12.8. The van der Waals surface area contributed by atoms with Crippen molar-refractivity contribution in [1.82, 2.24) is 39.9 Å². The fourth-order valence-electron chi connectivity index (χ4n) is 12.3. The van der Waals surface area contributed by atoms with E-state index >= 15 is 0 Å². The molecule has 2 aliphatic rings. The molecule has 0 unspecified atom stereocenters. The summed E-state index contributed by atoms with van der Waals surface area (Å²) in [4.78, 5) is 40.3. The van der Waals surface area contributed by atoms with Crippen molar-refractivity contribution in [1.29, 1.82) is 0 Å². The first-order valence-corrected chi connectivity index (χ1v) is 30.2. The second kappa shape index (κ2) is 22.7. The van der Waals surface area contributed by atoms with Gasteiger partial charge in [0.15, 0.2) is 23.3 Å². The summed E-state index contributed by atoms with van der Waals surface area (Å²) in [5, 5.41) is 2.74. The zero-order chi connectivity index (χ0) is 60.9. The Morgan fingerprint density at radius 3 is 0.804 bits per heavy atom. The number of para-hydroxylation sites is 4. The normalized spacial score (nSPS) is 11.5. The average Bonchev–Trinajstić information content (AvgIpc) is 1.67. The molecule has 0 fully saturated rings. The number of benzene rings is 12. The molecule has 5 heterocycles. The lowest BCUT2D eigenvalue weighted by Gasteiger charge is -2.14. The lowest BCUT2D eigenvalue weighted by Crippen LogP contribution is -1.92. The summed E-state index contributed by atoms with van der Waals surface area (Å²) in [6.07, 6.45) is 0. The van der Waals surface area contributed by atoms with Gasteiger partial charge in [-0.1, -0.05) is 243 Å². The first-order valence-electron chi connectivity index (χ1n) is 30.2. The molecule has 0 atom stereocenters. The molecule has 12 nitrogen and oxygen atoms in total. The summed E-state index contributed by atoms with van der Waals surface area (Å²) >= 11 is 0. The molecular weight excluding hydrogens is 1140 g/mol. The SMILES string of the molecule is c1ccc(-c2ccccc2Oc2cccc3c2-c2nc-3nc3[nH]c(nc4nc(nc5[nH]c(n2)c2cccc(Oc6ccccc6-c6ccccc6)c52)-c2cccc(Oc5ccccc5-c5ccccc5)c2-4)c2cccc(Oc4ccccc4-c4ccccc4)c32)cc1. The predicted octanol–water partition coefficient (Wildman–Crippen LogP) is 20.7. The predicted molar refractivity (Wildman–Crippen MR) is 364 cm³/mol. The zero-order valence-corrected chi connectivity index (χ0v) is 49.0. The molecule has 92 heavy (non-hydrogen) atoms. The summed E-state index contributed by atoms with van der Waals surface area (Å²) in [7, 11) is 0. The van der Waals surface area contributed by atoms with Gasteiger partial charge in [-0.3, -0.25) is 0 Å². The van der Waals surface area contributed by atoms with Crippen LogP contribution in [0, 0.1) is 0 Å². The van der Waals surface area contributed by atoms with Crippen molar-refractivity contribution < 1.29 is 18.9 Å². The van der Waals surface area contributed by atoms with Gasteiger partial charge in [-0.2, -0.15) is 0 Å². The van der Waals surface area contributed by atoms with Crippen LogP contribution in [-0.2, 0) is 0 Å². The number of aromatic nitrogens is 8. The Bertz CT molecular complexity index is 5200. The van der Waals surface area contributed by atoms with Crippen molar-refractivity contribution in [3.05, 3.63) is 291 Å². The number of rotatable bonds is 12. The minimum Gasteiger partial charge on any atom is -0.456 e. The minimum absolute atomic E-state index is 0.347. The number of fused-ring (bicyclic) bond motifs is 20. The molecule has 0 radical (unpaired) electrons. The van der Waals surface area contributed by atoms with Gasteiger partial charge >= 0.3 is 0 Å². The second-order valence-corrected chi connectivity index (χ2v) is 22.2. The maximum Gasteiger partial charge on any atom is 0.168 e. The number of hydrogen-bond donors (Lipinski definition) is 2. The van der Waals surface area contributed by atoms with E-state index in [1.54, 1.807) is 0 Å². The van der Waals surface area contributed by atoms with Crippen LogP contribution in [-0.4, -0.2) is 39.9 Å². The van der Waals surface area contributed by atoms with Gasteiger partial charge in [0.25, 0.3) is 0 Å². The number of nitrogens with one attached hydrogen (secondary N) is 2. The van der Waals surface area contributed by atoms with Crippen LogP contribution in [0.1, 0.15) is 0 Å². The van der Waals surface area contributed by atoms with Crippen molar-refractivity contribution in [3.63, 3.8) is 0 Å². The fraction of sp³-hybridized carbons (Fsp3) is 0. The highest BCUT2D eigenvalue weighted by Crippen LogP contribution is 2.48. The molecule has 434 valence electrons. The van der Waals surface area contributed by atoms with Crippen LogP contribution in [0.3, 0.4) is 0 Å². The molecule has 15 aromatic rings. The third-order valence-corrected chi connectivity index (χ3v) is 16.6. The topological polar surface area (TPSA) is 146 Å². The van der Waals surface area contributed by atoms with Crippen LogP contribution in [0.2, 0.25) is 0 Å². The van der Waals surface area contributed by atoms with Gasteiger partial charge in [-0.05, 0) is 70.8 Å². The third kappa shape index (κ3) is 9.68. The van der Waals surface area contributed by atoms with Crippen LogP contribution in [0.25, 0.3) is 134 Å². The number of ether oxygens (including phenoxy) is 4. The van der Waals surface area contributed by atoms with E-state index in [1.165, 1.54) is 0 Å². The monoisotopic (exact) mass is 1190 g/mol. The van der Waals surface area contributed by atoms with Gasteiger partial charge in [0.05, 0.1) is 21.9 Å². The summed E-state index contributed by atoms with van der Waals surface area (Å²) in [5.41, 5.74) is 12.1. The van der Waals surface area contributed by atoms with E-state index in [0.29, 0.717) is 136 Å². The van der Waals surface area contributed by atoms with E-state index < -0.39 is 0 Å². The van der Waals surface area contributed by atoms with Crippen LogP contribution < -0.4 is 18.9 Å². The third-order valence-electron chi connectivity index (χ3n) is 16.6. The zero-order valence-electron chi connectivity index (χ0n) is 49.0. The van der Waals surface area contributed by atoms with Crippen molar-refractivity contribution in [2.45, 2.75) is 0 Å². The average molecular weight is 1190 g/mol. The smallest absolute Gasteiger partial charge is 0.168 e. The Labute approximate surface area is 527 Å². The molecule has 0 saturated carbocycles. The quantitative estimate of drug-likeness (QED) is 0.121. The van der Waals surface area contributed by atoms with E-state index in [4.69, 9.17) is 48.9 Å². The Kier molecular flexibility index (Phi) is 13.2. The van der Waals surface area contributed by atoms with Gasteiger partial charge in [0.1, 0.15) is 68.6 Å². The summed E-state index contributed by atoms with van der Waals surface area (Å²) in [6.45, 7) is 0. The van der Waals surface area contributed by atoms with Crippen molar-refractivity contribution in [3.8, 4) is 136 Å². The highest BCUT2D eigenvalue weighted by Gasteiger charge is 2.29. The highest BCUT2D eigenvalue weighted by atomic mass is 16.5. The van der Waals surface area contributed by atoms with E-state index in [0.717, 1.165) is 44.5 Å². The van der Waals surface area contributed by atoms with Gasteiger partial charge in [0.2, 0.25) is 0 Å². The van der Waals surface area contributed by atoms with Gasteiger partial charge in [-0.15, -0.1) is 0 Å². The maximum atomic E-state index is 7.10. The number of hydrogen-bond acceptors (Lipinski definition) is 10. The number of nitrogens with zero attached hydrogens (tertiary/aromatic N) is 6. The minimum atomic E-state index is 0.347. The second-order valence-electron chi connectivity index (χ2n) is 22.2. The van der Waals surface area contributed by atoms with Gasteiger partial charge in [-0.25, -0.2) is 29.9 Å². The molecule has 2 aliphatic heterocycles. The maximum absolute atomic E-state index is 7.10. The van der Waals surface area contributed by atoms with Crippen molar-refractivity contribution in [2.24, 2.45) is 0 Å². The molecule has 12 heteroatoms. The molecule has 17 rings (SSSR count). The van der Waals surface area contributed by atoms with Crippen LogP contribution in [0.5, 0.6) is 46.0 Å². The molecule has 0 aliphatic carbocycles. The largest absolute Gasteiger partial charge is 0.456 e. The summed E-state index contributed by atoms with van der Waals surface area (Å²) in [6, 6.07) is 96.6. The Morgan fingerprint density at radius 1 is 0.196 bits per heavy atom. The Morgan fingerprint density at radius 2 is 0.457 bits per heavy atom. The Balaban J connectivity index is 0.950. The molecule has 3 aromatic heterocycles. The molecule has 0 amide bonds. The standard InChI is InChI=1S/C80H50N8O4/c1-5-25-49(26-6-1)53-33-13-17-41-61(53)89-65-45-21-37-57-69(65)77-81-73(57)86-78-71-59(39-23-47-67(71)91-63-43-19-15-35-55(63)51-29-9-3-10-30-51)75(83-78)88-80-72-60(40-24-48-68(72)92-64-44-20-16-36-56(64)52-31-11-4-12-32-52)76(84-80)87-79-70-58(74(82-79)85-77)38-22-46-66(70)90-62-42-18-14-34-54(62)50-27-7-2-8-28-50/h1-48H,(H2,81,82,83,84,85,86,87,88). The number of H-pyrrole nitrogens is 2. The van der Waals surface area contributed by atoms with Crippen LogP contribution in [0.4, 0.5) is 0 Å². The molecule has 12 aromatic carbocycles. The molecular formula is C80H50N8O4. The van der Waals surface area contributed by atoms with Crippen LogP contribution >= 0.6 is 0 Å². The molecule has 8 bridgehead atoms. The number of aromatic amines is 2. The van der Waals surface area contributed by atoms with Crippen molar-refractivity contribution in [2.75, 3.05) is 0 Å². The summed E-state index contributed by atoms with van der Waals surface area (Å²) in [5.74, 6) is 6.18. The van der Waals surface area contributed by atoms with E-state index in [-0.39, 0.29) is 0 Å². The van der Waals surface area contributed by atoms with E-state index in [1.807, 2.05) is 218 Å². The molecule has 0 spiro atoms. The lowest BCUT2D eigenvalue weighted by atomic mass is 10.0. The van der Waals surface area contributed by atoms with Gasteiger partial charge in [0, 0.05) is 44.2 Å².